The van der Waals surface area contributed by atoms with Crippen LogP contribution in [0.2, 0.25) is 0 Å². The van der Waals surface area contributed by atoms with E-state index in [1.165, 1.54) is 0 Å². The molecule has 7 heteroatoms. The van der Waals surface area contributed by atoms with E-state index < -0.39 is 5.54 Å². The van der Waals surface area contributed by atoms with Gasteiger partial charge in [0.1, 0.15) is 11.2 Å². The van der Waals surface area contributed by atoms with Crippen molar-refractivity contribution in [3.63, 3.8) is 0 Å². The summed E-state index contributed by atoms with van der Waals surface area (Å²) in [5.41, 5.74) is 0.473. The Morgan fingerprint density at radius 3 is 2.53 bits per heavy atom. The summed E-state index contributed by atoms with van der Waals surface area (Å²) in [6.07, 6.45) is 22.9. The topological polar surface area (TPSA) is 52.7 Å². The van der Waals surface area contributed by atoms with Gasteiger partial charge in [0.15, 0.2) is 0 Å². The minimum Gasteiger partial charge on any atom is -0.367 e. The molecule has 5 nitrogen and oxygen atoms in total. The second-order valence-electron chi connectivity index (χ2n) is 11.3. The molecule has 1 aromatic carbocycles. The molecule has 1 N–H and O–H groups in total. The predicted molar refractivity (Wildman–Crippen MR) is 189 cm³/mol. The van der Waals surface area contributed by atoms with Crippen molar-refractivity contribution < 1.29 is 9.59 Å². The van der Waals surface area contributed by atoms with Crippen molar-refractivity contribution in [3.05, 3.63) is 94.0 Å². The van der Waals surface area contributed by atoms with Gasteiger partial charge >= 0.3 is 0 Å². The monoisotopic (exact) mass is 669 g/mol. The Kier molecular flexibility index (Phi) is 16.2. The zero-order valence-electron chi connectivity index (χ0n) is 27.2. The molecule has 43 heavy (non-hydrogen) atoms. The van der Waals surface area contributed by atoms with Gasteiger partial charge < -0.3 is 15.1 Å². The largest absolute Gasteiger partial charge is 0.367 e. The molecule has 0 spiro atoms. The zero-order valence-corrected chi connectivity index (χ0v) is 29.6. The standard InChI is InChI=1S/C34H46BrN3O2S.C2H6/c1-6-7-8-10-14-27(3)34(33(40)36-30-20-18-26(2)19-21-30)25-37(4)31(17-11-9-12-22-41-5)32(39)38(34)24-28-15-13-16-29(35)23-28;1-2/h6-7,9-17,22-23,26-27,30H,8,18-21,24-25H2,1-5H3,(H,36,40);1-2H3/b7-6-,11-9+,14-10-,22-12-,31-17-;. The second kappa shape index (κ2) is 19.0. The van der Waals surface area contributed by atoms with Crippen LogP contribution in [0.4, 0.5) is 0 Å². The number of thioether (sulfide) groups is 1. The number of amides is 2. The first-order valence-corrected chi connectivity index (χ1v) is 17.7. The van der Waals surface area contributed by atoms with E-state index >= 15 is 0 Å². The van der Waals surface area contributed by atoms with Crippen LogP contribution in [0.3, 0.4) is 0 Å². The summed E-state index contributed by atoms with van der Waals surface area (Å²) in [5, 5.41) is 5.41. The van der Waals surface area contributed by atoms with Crippen molar-refractivity contribution >= 4 is 39.5 Å². The van der Waals surface area contributed by atoms with Crippen LogP contribution in [0.1, 0.15) is 72.3 Å². The first kappa shape index (κ1) is 36.7. The van der Waals surface area contributed by atoms with Crippen LogP contribution in [-0.2, 0) is 16.1 Å². The molecular formula is C36H52BrN3O2S. The summed E-state index contributed by atoms with van der Waals surface area (Å²) in [4.78, 5) is 32.8. The molecule has 236 valence electrons. The van der Waals surface area contributed by atoms with Gasteiger partial charge in [0.25, 0.3) is 5.91 Å². The number of carbonyl (C=O) groups is 2. The lowest BCUT2D eigenvalue weighted by Gasteiger charge is -2.52. The molecule has 0 radical (unpaired) electrons. The Hall–Kier alpha value is -2.51. The number of nitrogens with zero attached hydrogens (tertiary/aromatic N) is 2. The molecule has 2 aliphatic rings. The van der Waals surface area contributed by atoms with Gasteiger partial charge in [-0.05, 0) is 80.4 Å². The fraction of sp³-hybridized carbons (Fsp3) is 0.500. The molecule has 2 atom stereocenters. The van der Waals surface area contributed by atoms with Gasteiger partial charge in [0.2, 0.25) is 5.91 Å². The Morgan fingerprint density at radius 1 is 1.16 bits per heavy atom. The number of halogens is 1. The van der Waals surface area contributed by atoms with Gasteiger partial charge in [0.05, 0.1) is 6.54 Å². The molecule has 1 aliphatic carbocycles. The number of hydrogen-bond acceptors (Lipinski definition) is 4. The minimum absolute atomic E-state index is 0.0621. The number of piperazine rings is 1. The lowest BCUT2D eigenvalue weighted by molar-refractivity contribution is -0.156. The third-order valence-corrected chi connectivity index (χ3v) is 9.11. The van der Waals surface area contributed by atoms with Crippen molar-refractivity contribution in [2.75, 3.05) is 19.8 Å². The molecule has 1 aliphatic heterocycles. The maximum Gasteiger partial charge on any atom is 0.271 e. The molecule has 0 bridgehead atoms. The van der Waals surface area contributed by atoms with E-state index in [0.717, 1.165) is 42.1 Å². The van der Waals surface area contributed by atoms with Crippen molar-refractivity contribution in [2.45, 2.75) is 84.8 Å². The summed E-state index contributed by atoms with van der Waals surface area (Å²) in [5.74, 6) is 0.272. The molecule has 2 unspecified atom stereocenters. The summed E-state index contributed by atoms with van der Waals surface area (Å²) in [6.45, 7) is 11.1. The van der Waals surface area contributed by atoms with E-state index in [2.05, 4.69) is 53.3 Å². The van der Waals surface area contributed by atoms with Crippen LogP contribution in [0.5, 0.6) is 0 Å². The number of carbonyl (C=O) groups excluding carboxylic acids is 2. The highest BCUT2D eigenvalue weighted by molar-refractivity contribution is 9.10. The first-order chi connectivity index (χ1) is 20.7. The molecule has 1 saturated heterocycles. The molecule has 2 fully saturated rings. The van der Waals surface area contributed by atoms with Gasteiger partial charge in [0, 0.05) is 30.0 Å². The van der Waals surface area contributed by atoms with Gasteiger partial charge in [-0.15, -0.1) is 11.8 Å². The van der Waals surface area contributed by atoms with Gasteiger partial charge in [-0.1, -0.05) is 98.3 Å². The average molecular weight is 671 g/mol. The molecular weight excluding hydrogens is 618 g/mol. The molecule has 2 amide bonds. The summed E-state index contributed by atoms with van der Waals surface area (Å²) >= 11 is 5.21. The number of nitrogens with one attached hydrogen (secondary N) is 1. The van der Waals surface area contributed by atoms with Gasteiger partial charge in [-0.3, -0.25) is 9.59 Å². The molecule has 1 aromatic rings. The fourth-order valence-electron chi connectivity index (χ4n) is 5.74. The predicted octanol–water partition coefficient (Wildman–Crippen LogP) is 8.66. The van der Waals surface area contributed by atoms with Crippen LogP contribution in [0, 0.1) is 11.8 Å². The average Bonchev–Trinajstić information content (AvgIpc) is 3.00. The Morgan fingerprint density at radius 2 is 1.88 bits per heavy atom. The van der Waals surface area contributed by atoms with E-state index in [4.69, 9.17) is 0 Å². The lowest BCUT2D eigenvalue weighted by atomic mass is 9.78. The molecule has 0 aromatic heterocycles. The van der Waals surface area contributed by atoms with Gasteiger partial charge in [-0.2, -0.15) is 0 Å². The van der Waals surface area contributed by atoms with E-state index in [-0.39, 0.29) is 23.8 Å². The summed E-state index contributed by atoms with van der Waals surface area (Å²) in [7, 11) is 1.92. The minimum atomic E-state index is -1.08. The Labute approximate surface area is 273 Å². The lowest BCUT2D eigenvalue weighted by Crippen LogP contribution is -2.72. The van der Waals surface area contributed by atoms with Crippen LogP contribution >= 0.6 is 27.7 Å². The van der Waals surface area contributed by atoms with Crippen molar-refractivity contribution in [1.82, 2.24) is 15.1 Å². The highest BCUT2D eigenvalue weighted by atomic mass is 79.9. The van der Waals surface area contributed by atoms with Gasteiger partial charge in [-0.25, -0.2) is 0 Å². The molecule has 1 heterocycles. The van der Waals surface area contributed by atoms with E-state index in [9.17, 15) is 9.59 Å². The number of benzene rings is 1. The maximum absolute atomic E-state index is 14.6. The van der Waals surface area contributed by atoms with E-state index in [1.807, 2.05) is 104 Å². The second-order valence-corrected chi connectivity index (χ2v) is 12.9. The van der Waals surface area contributed by atoms with Crippen molar-refractivity contribution in [2.24, 2.45) is 11.8 Å². The highest BCUT2D eigenvalue weighted by Gasteiger charge is 2.54. The van der Waals surface area contributed by atoms with Crippen LogP contribution in [0.25, 0.3) is 0 Å². The molecule has 1 saturated carbocycles. The summed E-state index contributed by atoms with van der Waals surface area (Å²) in [6, 6.07) is 8.13. The van der Waals surface area contributed by atoms with E-state index in [0.29, 0.717) is 24.7 Å². The SMILES string of the molecule is C/C=C\C/C=C\C(C)C1(C(=O)NC2CCC(C)CC2)CN(C)\C(=C/C=C/C=C\SC)C(=O)N1Cc1cccc(Br)c1.CC. The van der Waals surface area contributed by atoms with Crippen molar-refractivity contribution in [1.29, 1.82) is 0 Å². The van der Waals surface area contributed by atoms with Crippen LogP contribution in [0.15, 0.2) is 88.5 Å². The smallest absolute Gasteiger partial charge is 0.271 e. The third-order valence-electron chi connectivity index (χ3n) is 8.19. The third kappa shape index (κ3) is 10.3. The van der Waals surface area contributed by atoms with Crippen LogP contribution in [-0.4, -0.2) is 53.0 Å². The highest BCUT2D eigenvalue weighted by Crippen LogP contribution is 2.37. The zero-order chi connectivity index (χ0) is 31.8. The Balaban J connectivity index is 0.00000316. The summed E-state index contributed by atoms with van der Waals surface area (Å²) < 4.78 is 0.946. The molecule has 3 rings (SSSR count). The first-order valence-electron chi connectivity index (χ1n) is 15.7. The normalized spacial score (nSPS) is 24.7. The quantitative estimate of drug-likeness (QED) is 0.146. The van der Waals surface area contributed by atoms with Crippen LogP contribution < -0.4 is 5.32 Å². The fourth-order valence-corrected chi connectivity index (χ4v) is 6.44. The van der Waals surface area contributed by atoms with Crippen molar-refractivity contribution in [3.8, 4) is 0 Å². The number of rotatable bonds is 11. The Bertz CT molecular complexity index is 1180. The number of hydrogen-bond donors (Lipinski definition) is 1. The number of allylic oxidation sites excluding steroid dienone is 7. The van der Waals surface area contributed by atoms with E-state index in [1.54, 1.807) is 11.8 Å². The number of likely N-dealkylation sites (N-methyl/N-ethyl adjacent to an activating group) is 1. The maximum atomic E-state index is 14.6.